The molecule has 3 aromatic carbocycles. The molecule has 0 fully saturated rings. The van der Waals surface area contributed by atoms with E-state index in [-0.39, 0.29) is 0 Å². The van der Waals surface area contributed by atoms with Crippen molar-refractivity contribution in [1.82, 2.24) is 9.99 Å². The summed E-state index contributed by atoms with van der Waals surface area (Å²) in [4.78, 5) is 0. The summed E-state index contributed by atoms with van der Waals surface area (Å²) in [6, 6.07) is 25.5. The van der Waals surface area contributed by atoms with Crippen molar-refractivity contribution in [1.29, 1.82) is 5.26 Å². The molecule has 4 aromatic rings. The Bertz CT molecular complexity index is 1320. The van der Waals surface area contributed by atoms with Crippen LogP contribution in [0, 0.1) is 11.3 Å². The van der Waals surface area contributed by atoms with Gasteiger partial charge in [-0.3, -0.25) is 5.43 Å². The highest BCUT2D eigenvalue weighted by molar-refractivity contribution is 7.80. The fourth-order valence-corrected chi connectivity index (χ4v) is 3.62. The molecule has 6 nitrogen and oxygen atoms in total. The van der Waals surface area contributed by atoms with E-state index in [9.17, 15) is 5.26 Å². The first kappa shape index (κ1) is 21.1. The predicted octanol–water partition coefficient (Wildman–Crippen LogP) is 4.89. The third-order valence-electron chi connectivity index (χ3n) is 5.02. The summed E-state index contributed by atoms with van der Waals surface area (Å²) in [5.74, 6) is 0.779. The Hall–Kier alpha value is -4.15. The van der Waals surface area contributed by atoms with E-state index in [1.54, 1.807) is 13.3 Å². The van der Waals surface area contributed by atoms with Crippen LogP contribution in [0.4, 0.5) is 5.69 Å². The van der Waals surface area contributed by atoms with Crippen LogP contribution in [0.5, 0.6) is 5.75 Å². The molecular formula is C25H21N5OS. The maximum atomic E-state index is 9.40. The van der Waals surface area contributed by atoms with Crippen molar-refractivity contribution in [3.05, 3.63) is 95.7 Å². The molecule has 0 aliphatic heterocycles. The summed E-state index contributed by atoms with van der Waals surface area (Å²) in [5.41, 5.74) is 7.37. The molecule has 0 unspecified atom stereocenters. The Kier molecular flexibility index (Phi) is 6.44. The van der Waals surface area contributed by atoms with Crippen molar-refractivity contribution in [2.75, 3.05) is 12.4 Å². The Labute approximate surface area is 191 Å². The molecule has 1 heterocycles. The number of hydrogen-bond donors (Lipinski definition) is 2. The first-order chi connectivity index (χ1) is 15.7. The number of nitriles is 1. The van der Waals surface area contributed by atoms with Crippen LogP contribution in [0.3, 0.4) is 0 Å². The van der Waals surface area contributed by atoms with Gasteiger partial charge in [0.05, 0.1) is 25.0 Å². The van der Waals surface area contributed by atoms with Gasteiger partial charge in [0.1, 0.15) is 5.75 Å². The van der Waals surface area contributed by atoms with Gasteiger partial charge in [0.2, 0.25) is 0 Å². The molecule has 32 heavy (non-hydrogen) atoms. The average molecular weight is 440 g/mol. The first-order valence-electron chi connectivity index (χ1n) is 9.98. The number of benzene rings is 3. The predicted molar refractivity (Wildman–Crippen MR) is 132 cm³/mol. The van der Waals surface area contributed by atoms with Crippen molar-refractivity contribution in [3.63, 3.8) is 0 Å². The molecule has 0 spiro atoms. The van der Waals surface area contributed by atoms with Gasteiger partial charge in [0.15, 0.2) is 5.11 Å². The molecule has 0 amide bonds. The zero-order valence-corrected chi connectivity index (χ0v) is 18.3. The van der Waals surface area contributed by atoms with E-state index in [2.05, 4.69) is 38.6 Å². The average Bonchev–Trinajstić information content (AvgIpc) is 3.17. The number of hydrogen-bond acceptors (Lipinski definition) is 4. The lowest BCUT2D eigenvalue weighted by atomic mass is 10.1. The van der Waals surface area contributed by atoms with Crippen LogP contribution < -0.4 is 15.5 Å². The van der Waals surface area contributed by atoms with Gasteiger partial charge in [0, 0.05) is 34.9 Å². The lowest BCUT2D eigenvalue weighted by Crippen LogP contribution is -2.23. The molecular weight excluding hydrogens is 418 g/mol. The summed E-state index contributed by atoms with van der Waals surface area (Å²) < 4.78 is 7.28. The summed E-state index contributed by atoms with van der Waals surface area (Å²) >= 11 is 5.33. The lowest BCUT2D eigenvalue weighted by Gasteiger charge is -2.07. The van der Waals surface area contributed by atoms with Gasteiger partial charge in [-0.1, -0.05) is 36.4 Å². The summed E-state index contributed by atoms with van der Waals surface area (Å²) in [6.45, 7) is 0.600. The molecule has 0 atom stereocenters. The smallest absolute Gasteiger partial charge is 0.191 e. The second kappa shape index (κ2) is 9.77. The number of rotatable bonds is 6. The van der Waals surface area contributed by atoms with E-state index in [0.717, 1.165) is 33.5 Å². The van der Waals surface area contributed by atoms with Gasteiger partial charge >= 0.3 is 0 Å². The molecule has 0 saturated carbocycles. The zero-order valence-electron chi connectivity index (χ0n) is 17.4. The Balaban J connectivity index is 1.50. The fraction of sp³-hybridized carbons (Fsp3) is 0.0800. The highest BCUT2D eigenvalue weighted by Crippen LogP contribution is 2.22. The van der Waals surface area contributed by atoms with Crippen molar-refractivity contribution < 1.29 is 4.74 Å². The number of anilines is 1. The highest BCUT2D eigenvalue weighted by Gasteiger charge is 2.09. The van der Waals surface area contributed by atoms with E-state index in [0.29, 0.717) is 17.2 Å². The quantitative estimate of drug-likeness (QED) is 0.254. The zero-order chi connectivity index (χ0) is 22.3. The number of ether oxygens (including phenoxy) is 1. The molecule has 0 aliphatic carbocycles. The van der Waals surface area contributed by atoms with Gasteiger partial charge in [0.25, 0.3) is 0 Å². The van der Waals surface area contributed by atoms with E-state index < -0.39 is 0 Å². The van der Waals surface area contributed by atoms with Gasteiger partial charge in [-0.05, 0) is 54.2 Å². The molecule has 158 valence electrons. The normalized spacial score (nSPS) is 10.8. The van der Waals surface area contributed by atoms with Crippen molar-refractivity contribution in [3.8, 4) is 11.8 Å². The molecule has 0 radical (unpaired) electrons. The van der Waals surface area contributed by atoms with Crippen molar-refractivity contribution in [2.24, 2.45) is 5.10 Å². The number of nitrogens with one attached hydrogen (secondary N) is 2. The van der Waals surface area contributed by atoms with Crippen LogP contribution in [0.1, 0.15) is 16.7 Å². The number of fused-ring (bicyclic) bond motifs is 1. The fourth-order valence-electron chi connectivity index (χ4n) is 3.45. The Morgan fingerprint density at radius 2 is 1.84 bits per heavy atom. The maximum absolute atomic E-state index is 9.40. The van der Waals surface area contributed by atoms with Crippen LogP contribution in [0.15, 0.2) is 84.1 Å². The largest absolute Gasteiger partial charge is 0.497 e. The third-order valence-corrected chi connectivity index (χ3v) is 5.21. The monoisotopic (exact) mass is 439 g/mol. The van der Waals surface area contributed by atoms with Crippen LogP contribution in [-0.4, -0.2) is 23.0 Å². The van der Waals surface area contributed by atoms with Crippen LogP contribution in [0.25, 0.3) is 10.9 Å². The van der Waals surface area contributed by atoms with Gasteiger partial charge in [-0.25, -0.2) is 0 Å². The lowest BCUT2D eigenvalue weighted by molar-refractivity contribution is 0.415. The number of hydrazone groups is 1. The topological polar surface area (TPSA) is 74.4 Å². The molecule has 0 saturated heterocycles. The maximum Gasteiger partial charge on any atom is 0.191 e. The molecule has 1 aromatic heterocycles. The van der Waals surface area contributed by atoms with Crippen LogP contribution in [0.2, 0.25) is 0 Å². The van der Waals surface area contributed by atoms with E-state index in [4.69, 9.17) is 17.0 Å². The third kappa shape index (κ3) is 4.77. The Morgan fingerprint density at radius 1 is 1.09 bits per heavy atom. The molecule has 2 N–H and O–H groups in total. The van der Waals surface area contributed by atoms with E-state index >= 15 is 0 Å². The van der Waals surface area contributed by atoms with Crippen molar-refractivity contribution in [2.45, 2.75) is 6.54 Å². The number of methoxy groups -OCH3 is 1. The van der Waals surface area contributed by atoms with E-state index in [1.807, 2.05) is 66.9 Å². The number of nitrogens with zero attached hydrogens (tertiary/aromatic N) is 3. The number of para-hydroxylation sites is 1. The van der Waals surface area contributed by atoms with Gasteiger partial charge < -0.3 is 14.6 Å². The minimum Gasteiger partial charge on any atom is -0.497 e. The Morgan fingerprint density at radius 3 is 2.62 bits per heavy atom. The number of thiocarbonyl (C=S) groups is 1. The van der Waals surface area contributed by atoms with Crippen LogP contribution >= 0.6 is 12.2 Å². The highest BCUT2D eigenvalue weighted by atomic mass is 32.1. The first-order valence-corrected chi connectivity index (χ1v) is 10.4. The van der Waals surface area contributed by atoms with Crippen LogP contribution in [-0.2, 0) is 6.54 Å². The standard InChI is InChI=1S/C25H21N5OS/c1-31-22-12-10-21(11-13-22)28-25(32)29-27-15-20-17-30(24-9-5-4-8-23(20)24)16-19-7-3-2-6-18(19)14-26/h2-13,15,17H,16H2,1H3,(H2,28,29,32)/b27-15+. The second-order valence-electron chi connectivity index (χ2n) is 7.05. The molecule has 4 rings (SSSR count). The minimum absolute atomic E-state index is 0.387. The minimum atomic E-state index is 0.387. The summed E-state index contributed by atoms with van der Waals surface area (Å²) in [7, 11) is 1.63. The van der Waals surface area contributed by atoms with Gasteiger partial charge in [-0.15, -0.1) is 0 Å². The number of aromatic nitrogens is 1. The van der Waals surface area contributed by atoms with E-state index in [1.165, 1.54) is 0 Å². The molecule has 0 bridgehead atoms. The summed E-state index contributed by atoms with van der Waals surface area (Å²) in [6.07, 6.45) is 3.78. The van der Waals surface area contributed by atoms with Gasteiger partial charge in [-0.2, -0.15) is 10.4 Å². The molecule has 0 aliphatic rings. The van der Waals surface area contributed by atoms with Crippen molar-refractivity contribution >= 4 is 40.1 Å². The SMILES string of the molecule is COc1ccc(NC(=S)N/N=C/c2cn(Cc3ccccc3C#N)c3ccccc23)cc1. The summed E-state index contributed by atoms with van der Waals surface area (Å²) in [5, 5.41) is 18.2. The second-order valence-corrected chi connectivity index (χ2v) is 7.46. The molecule has 7 heteroatoms.